The van der Waals surface area contributed by atoms with Gasteiger partial charge in [0.05, 0.1) is 18.1 Å². The van der Waals surface area contributed by atoms with Crippen LogP contribution >= 0.6 is 34.4 Å². The van der Waals surface area contributed by atoms with Gasteiger partial charge in [-0.2, -0.15) is 0 Å². The van der Waals surface area contributed by atoms with Gasteiger partial charge in [-0.1, -0.05) is 17.8 Å². The van der Waals surface area contributed by atoms with Crippen LogP contribution in [0.15, 0.2) is 56.9 Å². The fourth-order valence-corrected chi connectivity index (χ4v) is 6.02. The lowest BCUT2D eigenvalue weighted by molar-refractivity contribution is -0.130. The Morgan fingerprint density at radius 2 is 2.21 bits per heavy atom. The molecule has 0 radical (unpaired) electrons. The predicted molar refractivity (Wildman–Crippen MR) is 112 cm³/mol. The third-order valence-corrected chi connectivity index (χ3v) is 7.67. The molecule has 5 heterocycles. The van der Waals surface area contributed by atoms with Gasteiger partial charge in [0.1, 0.15) is 12.3 Å². The molecule has 0 aromatic carbocycles. The van der Waals surface area contributed by atoms with Crippen LogP contribution in [0.2, 0.25) is 0 Å². The first-order chi connectivity index (χ1) is 14.3. The molecule has 29 heavy (non-hydrogen) atoms. The Hall–Kier alpha value is -2.43. The van der Waals surface area contributed by atoms with E-state index in [-0.39, 0.29) is 11.9 Å². The smallest absolute Gasteiger partial charge is 0.233 e. The first-order valence-electron chi connectivity index (χ1n) is 9.10. The van der Waals surface area contributed by atoms with Crippen molar-refractivity contribution in [3.63, 3.8) is 0 Å². The molecule has 0 saturated heterocycles. The lowest BCUT2D eigenvalue weighted by atomic mass is 9.98. The number of thiophene rings is 2. The van der Waals surface area contributed by atoms with E-state index in [1.807, 2.05) is 23.1 Å². The maximum Gasteiger partial charge on any atom is 0.233 e. The number of carbonyl (C=O) groups excluding carboxylic acids is 1. The third kappa shape index (κ3) is 3.75. The van der Waals surface area contributed by atoms with Crippen molar-refractivity contribution in [3.8, 4) is 0 Å². The SMILES string of the molecule is O=C(CSc1nnnn1Cc1ccco1)N1CCc2sccc2[C@H]1c1cccs1. The third-order valence-electron chi connectivity index (χ3n) is 4.81. The summed E-state index contributed by atoms with van der Waals surface area (Å²) in [4.78, 5) is 17.7. The van der Waals surface area contributed by atoms with E-state index in [1.165, 1.54) is 27.1 Å². The van der Waals surface area contributed by atoms with Crippen molar-refractivity contribution in [1.29, 1.82) is 0 Å². The maximum absolute atomic E-state index is 13.2. The minimum Gasteiger partial charge on any atom is -0.467 e. The molecule has 4 aromatic heterocycles. The van der Waals surface area contributed by atoms with E-state index in [9.17, 15) is 4.79 Å². The van der Waals surface area contributed by atoms with Gasteiger partial charge in [-0.3, -0.25) is 4.79 Å². The number of hydrogen-bond acceptors (Lipinski definition) is 8. The Morgan fingerprint density at radius 1 is 1.24 bits per heavy atom. The van der Waals surface area contributed by atoms with Crippen molar-refractivity contribution in [1.82, 2.24) is 25.1 Å². The fraction of sp³-hybridized carbons (Fsp3) is 0.263. The number of rotatable bonds is 6. The average Bonchev–Trinajstić information content (AvgIpc) is 3.54. The summed E-state index contributed by atoms with van der Waals surface area (Å²) in [5.41, 5.74) is 1.25. The molecule has 5 rings (SSSR count). The lowest BCUT2D eigenvalue weighted by Gasteiger charge is -2.35. The number of amides is 1. The van der Waals surface area contributed by atoms with E-state index in [4.69, 9.17) is 4.42 Å². The number of aromatic nitrogens is 4. The van der Waals surface area contributed by atoms with Gasteiger partial charge in [-0.15, -0.1) is 27.8 Å². The van der Waals surface area contributed by atoms with Crippen LogP contribution in [-0.2, 0) is 17.8 Å². The van der Waals surface area contributed by atoms with Crippen LogP contribution in [0.1, 0.15) is 27.1 Å². The maximum atomic E-state index is 13.2. The molecule has 0 unspecified atom stereocenters. The molecule has 1 aliphatic heterocycles. The van der Waals surface area contributed by atoms with Crippen LogP contribution in [-0.4, -0.2) is 43.3 Å². The number of nitrogens with zero attached hydrogens (tertiary/aromatic N) is 5. The summed E-state index contributed by atoms with van der Waals surface area (Å²) in [5, 5.41) is 16.6. The molecule has 0 N–H and O–H groups in total. The fourth-order valence-electron chi connectivity index (χ4n) is 3.50. The summed E-state index contributed by atoms with van der Waals surface area (Å²) < 4.78 is 7.02. The molecule has 0 fully saturated rings. The van der Waals surface area contributed by atoms with E-state index in [0.717, 1.165) is 18.7 Å². The Kier molecular flexibility index (Phi) is 5.21. The van der Waals surface area contributed by atoms with Gasteiger partial charge in [-0.05, 0) is 57.4 Å². The highest BCUT2D eigenvalue weighted by atomic mass is 32.2. The molecule has 0 aliphatic carbocycles. The van der Waals surface area contributed by atoms with Crippen molar-refractivity contribution in [3.05, 3.63) is 68.4 Å². The molecule has 4 aromatic rings. The second-order valence-corrected chi connectivity index (χ2v) is 9.46. The van der Waals surface area contributed by atoms with Crippen molar-refractivity contribution >= 4 is 40.3 Å². The molecule has 10 heteroatoms. The van der Waals surface area contributed by atoms with E-state index in [1.54, 1.807) is 33.6 Å². The van der Waals surface area contributed by atoms with E-state index in [2.05, 4.69) is 38.4 Å². The number of thioether (sulfide) groups is 1. The summed E-state index contributed by atoms with van der Waals surface area (Å²) in [5.74, 6) is 1.15. The van der Waals surface area contributed by atoms with Gasteiger partial charge >= 0.3 is 0 Å². The molecule has 0 spiro atoms. The molecule has 148 valence electrons. The van der Waals surface area contributed by atoms with Gasteiger partial charge < -0.3 is 9.32 Å². The van der Waals surface area contributed by atoms with E-state index >= 15 is 0 Å². The average molecular weight is 444 g/mol. The zero-order valence-electron chi connectivity index (χ0n) is 15.3. The quantitative estimate of drug-likeness (QED) is 0.423. The molecule has 0 saturated carbocycles. The molecule has 7 nitrogen and oxygen atoms in total. The molecule has 1 atom stereocenters. The largest absolute Gasteiger partial charge is 0.467 e. The molecule has 1 aliphatic rings. The number of carbonyl (C=O) groups is 1. The van der Waals surface area contributed by atoms with Crippen LogP contribution < -0.4 is 0 Å². The Morgan fingerprint density at radius 3 is 3.03 bits per heavy atom. The Balaban J connectivity index is 1.32. The molecular formula is C19H17N5O2S3. The topological polar surface area (TPSA) is 77.0 Å². The van der Waals surface area contributed by atoms with Gasteiger partial charge in [0, 0.05) is 16.3 Å². The highest BCUT2D eigenvalue weighted by Crippen LogP contribution is 2.39. The molecular weight excluding hydrogens is 426 g/mol. The lowest BCUT2D eigenvalue weighted by Crippen LogP contribution is -2.40. The van der Waals surface area contributed by atoms with Crippen molar-refractivity contribution < 1.29 is 9.21 Å². The zero-order chi connectivity index (χ0) is 19.6. The van der Waals surface area contributed by atoms with Crippen LogP contribution in [0.4, 0.5) is 0 Å². The number of fused-ring (bicyclic) bond motifs is 1. The summed E-state index contributed by atoms with van der Waals surface area (Å²) in [6, 6.07) is 10.0. The first-order valence-corrected chi connectivity index (χ1v) is 11.8. The van der Waals surface area contributed by atoms with Gasteiger partial charge in [0.15, 0.2) is 0 Å². The van der Waals surface area contributed by atoms with Crippen LogP contribution in [0.3, 0.4) is 0 Å². The summed E-state index contributed by atoms with van der Waals surface area (Å²) in [7, 11) is 0. The van der Waals surface area contributed by atoms with Gasteiger partial charge in [0.25, 0.3) is 0 Å². The summed E-state index contributed by atoms with van der Waals surface area (Å²) >= 11 is 4.83. The summed E-state index contributed by atoms with van der Waals surface area (Å²) in [6.07, 6.45) is 2.53. The highest BCUT2D eigenvalue weighted by molar-refractivity contribution is 7.99. The number of tetrazole rings is 1. The van der Waals surface area contributed by atoms with Gasteiger partial charge in [0.2, 0.25) is 11.1 Å². The number of furan rings is 1. The monoisotopic (exact) mass is 443 g/mol. The van der Waals surface area contributed by atoms with E-state index in [0.29, 0.717) is 17.5 Å². The van der Waals surface area contributed by atoms with Crippen molar-refractivity contribution in [2.75, 3.05) is 12.3 Å². The van der Waals surface area contributed by atoms with Crippen LogP contribution in [0, 0.1) is 0 Å². The molecule has 0 bridgehead atoms. The minimum atomic E-state index is -0.00258. The first kappa shape index (κ1) is 18.6. The zero-order valence-corrected chi connectivity index (χ0v) is 17.8. The summed E-state index contributed by atoms with van der Waals surface area (Å²) in [6.45, 7) is 1.17. The normalized spacial score (nSPS) is 16.1. The van der Waals surface area contributed by atoms with Crippen LogP contribution in [0.25, 0.3) is 0 Å². The standard InChI is InChI=1S/C19H17N5O2S3/c25-17(12-29-19-20-21-22-24(19)11-13-3-1-8-26-13)23-7-5-15-14(6-10-28-15)18(23)16-4-2-9-27-16/h1-4,6,8-10,18H,5,7,11-12H2/t18-/m0/s1. The van der Waals surface area contributed by atoms with E-state index < -0.39 is 0 Å². The van der Waals surface area contributed by atoms with Crippen LogP contribution in [0.5, 0.6) is 0 Å². The minimum absolute atomic E-state index is 0.00258. The molecule has 1 amide bonds. The Bertz CT molecular complexity index is 1090. The number of hydrogen-bond donors (Lipinski definition) is 0. The Labute approximate surface area is 179 Å². The second-order valence-electron chi connectivity index (χ2n) is 6.54. The van der Waals surface area contributed by atoms with Crippen molar-refractivity contribution in [2.45, 2.75) is 24.2 Å². The highest BCUT2D eigenvalue weighted by Gasteiger charge is 2.33. The predicted octanol–water partition coefficient (Wildman–Crippen LogP) is 3.70. The van der Waals surface area contributed by atoms with Crippen molar-refractivity contribution in [2.24, 2.45) is 0 Å². The van der Waals surface area contributed by atoms with Gasteiger partial charge in [-0.25, -0.2) is 4.68 Å². The second kappa shape index (κ2) is 8.13.